The summed E-state index contributed by atoms with van der Waals surface area (Å²) in [6.45, 7) is 1.57. The minimum Gasteiger partial charge on any atom is -0.375 e. The first-order chi connectivity index (χ1) is 6.27. The lowest BCUT2D eigenvalue weighted by atomic mass is 10.1. The van der Waals surface area contributed by atoms with Crippen LogP contribution in [0.1, 0.15) is 12.8 Å². The Bertz CT molecular complexity index is 205. The summed E-state index contributed by atoms with van der Waals surface area (Å²) in [4.78, 5) is 13.1. The van der Waals surface area contributed by atoms with Crippen LogP contribution in [0.4, 0.5) is 0 Å². The summed E-state index contributed by atoms with van der Waals surface area (Å²) in [5, 5.41) is 3.63. The molecule has 1 fully saturated rings. The number of hydrogen-bond donors (Lipinski definition) is 1. The smallest absolute Gasteiger partial charge is 0.248 e. The van der Waals surface area contributed by atoms with Crippen molar-refractivity contribution >= 4 is 11.6 Å². The van der Waals surface area contributed by atoms with Gasteiger partial charge in [0.05, 0.1) is 0 Å². The standard InChI is InChI=1S/C8H15N3O2/c1-13-6-8(12)11-4-2-7(10-9)3-5-11/h2-6,9H2,1H3. The molecule has 0 bridgehead atoms. The molecule has 5 nitrogen and oxygen atoms in total. The van der Waals surface area contributed by atoms with Crippen LogP contribution in [-0.2, 0) is 9.53 Å². The van der Waals surface area contributed by atoms with Gasteiger partial charge in [-0.1, -0.05) is 0 Å². The van der Waals surface area contributed by atoms with Crippen LogP contribution in [0.5, 0.6) is 0 Å². The molecule has 2 N–H and O–H groups in total. The van der Waals surface area contributed by atoms with Crippen molar-refractivity contribution < 1.29 is 9.53 Å². The van der Waals surface area contributed by atoms with E-state index in [1.54, 1.807) is 4.90 Å². The van der Waals surface area contributed by atoms with E-state index in [4.69, 9.17) is 10.6 Å². The van der Waals surface area contributed by atoms with Crippen LogP contribution < -0.4 is 5.84 Å². The summed E-state index contributed by atoms with van der Waals surface area (Å²) >= 11 is 0. The van der Waals surface area contributed by atoms with Crippen LogP contribution >= 0.6 is 0 Å². The molecular formula is C8H15N3O2. The van der Waals surface area contributed by atoms with Crippen molar-refractivity contribution in [3.63, 3.8) is 0 Å². The molecule has 0 aromatic heterocycles. The topological polar surface area (TPSA) is 67.9 Å². The van der Waals surface area contributed by atoms with Crippen LogP contribution in [0, 0.1) is 0 Å². The lowest BCUT2D eigenvalue weighted by Crippen LogP contribution is -2.40. The molecule has 1 aliphatic rings. The van der Waals surface area contributed by atoms with E-state index in [1.807, 2.05) is 0 Å². The second kappa shape index (κ2) is 4.81. The minimum absolute atomic E-state index is 0.0403. The Hall–Kier alpha value is -1.10. The molecule has 0 atom stereocenters. The highest BCUT2D eigenvalue weighted by Crippen LogP contribution is 2.06. The molecule has 0 spiro atoms. The second-order valence-corrected chi connectivity index (χ2v) is 3.01. The molecule has 13 heavy (non-hydrogen) atoms. The third-order valence-corrected chi connectivity index (χ3v) is 2.14. The van der Waals surface area contributed by atoms with Gasteiger partial charge >= 0.3 is 0 Å². The molecule has 1 amide bonds. The summed E-state index contributed by atoms with van der Waals surface area (Å²) in [7, 11) is 1.52. The Morgan fingerprint density at radius 1 is 1.62 bits per heavy atom. The maximum absolute atomic E-state index is 11.3. The number of rotatable bonds is 2. The zero-order chi connectivity index (χ0) is 9.68. The number of amides is 1. The minimum atomic E-state index is 0.0403. The van der Waals surface area contributed by atoms with E-state index in [0.29, 0.717) is 13.1 Å². The van der Waals surface area contributed by atoms with Crippen LogP contribution in [0.15, 0.2) is 5.10 Å². The highest BCUT2D eigenvalue weighted by Gasteiger charge is 2.18. The zero-order valence-electron chi connectivity index (χ0n) is 7.82. The Balaban J connectivity index is 2.36. The molecule has 1 saturated heterocycles. The van der Waals surface area contributed by atoms with Gasteiger partial charge in [0, 0.05) is 38.8 Å². The summed E-state index contributed by atoms with van der Waals surface area (Å²) in [5.74, 6) is 5.18. The first-order valence-electron chi connectivity index (χ1n) is 4.30. The number of nitrogens with two attached hydrogens (primary N) is 1. The molecule has 0 radical (unpaired) electrons. The summed E-state index contributed by atoms with van der Waals surface area (Å²) < 4.78 is 4.76. The van der Waals surface area contributed by atoms with Gasteiger partial charge < -0.3 is 15.5 Å². The number of carbonyl (C=O) groups is 1. The lowest BCUT2D eigenvalue weighted by molar-refractivity contribution is -0.135. The fraction of sp³-hybridized carbons (Fsp3) is 0.750. The first kappa shape index (κ1) is 9.98. The van der Waals surface area contributed by atoms with Gasteiger partial charge in [0.25, 0.3) is 0 Å². The molecule has 0 aromatic rings. The van der Waals surface area contributed by atoms with Crippen LogP contribution in [0.2, 0.25) is 0 Å². The molecular weight excluding hydrogens is 170 g/mol. The number of likely N-dealkylation sites (tertiary alicyclic amines) is 1. The number of hydrogen-bond acceptors (Lipinski definition) is 4. The van der Waals surface area contributed by atoms with E-state index in [1.165, 1.54) is 7.11 Å². The van der Waals surface area contributed by atoms with Gasteiger partial charge in [0.2, 0.25) is 5.91 Å². The number of methoxy groups -OCH3 is 1. The van der Waals surface area contributed by atoms with E-state index in [0.717, 1.165) is 18.6 Å². The van der Waals surface area contributed by atoms with Crippen molar-refractivity contribution in [3.05, 3.63) is 0 Å². The summed E-state index contributed by atoms with van der Waals surface area (Å²) in [6.07, 6.45) is 1.57. The highest BCUT2D eigenvalue weighted by molar-refractivity contribution is 5.87. The van der Waals surface area contributed by atoms with Gasteiger partial charge in [0.1, 0.15) is 6.61 Å². The van der Waals surface area contributed by atoms with E-state index in [-0.39, 0.29) is 12.5 Å². The molecule has 1 aliphatic heterocycles. The van der Waals surface area contributed by atoms with Crippen molar-refractivity contribution in [2.24, 2.45) is 10.9 Å². The molecule has 1 rings (SSSR count). The Labute approximate surface area is 77.5 Å². The third-order valence-electron chi connectivity index (χ3n) is 2.14. The molecule has 0 saturated carbocycles. The van der Waals surface area contributed by atoms with Gasteiger partial charge in [-0.2, -0.15) is 5.10 Å². The van der Waals surface area contributed by atoms with Crippen LogP contribution in [0.25, 0.3) is 0 Å². The number of nitrogens with zero attached hydrogens (tertiary/aromatic N) is 2. The van der Waals surface area contributed by atoms with E-state index < -0.39 is 0 Å². The van der Waals surface area contributed by atoms with E-state index in [9.17, 15) is 4.79 Å². The Kier molecular flexibility index (Phi) is 3.70. The predicted octanol–water partition coefficient (Wildman–Crippen LogP) is -0.430. The number of hydrazone groups is 1. The number of piperidine rings is 1. The van der Waals surface area contributed by atoms with Crippen molar-refractivity contribution in [3.8, 4) is 0 Å². The molecule has 0 aliphatic carbocycles. The highest BCUT2D eigenvalue weighted by atomic mass is 16.5. The Morgan fingerprint density at radius 3 is 2.69 bits per heavy atom. The quantitative estimate of drug-likeness (QED) is 0.469. The number of ether oxygens (including phenoxy) is 1. The van der Waals surface area contributed by atoms with Crippen LogP contribution in [-0.4, -0.2) is 43.3 Å². The fourth-order valence-corrected chi connectivity index (χ4v) is 1.36. The predicted molar refractivity (Wildman–Crippen MR) is 49.3 cm³/mol. The summed E-state index contributed by atoms with van der Waals surface area (Å²) in [6, 6.07) is 0. The zero-order valence-corrected chi connectivity index (χ0v) is 7.82. The van der Waals surface area contributed by atoms with E-state index in [2.05, 4.69) is 5.10 Å². The lowest BCUT2D eigenvalue weighted by Gasteiger charge is -2.27. The average molecular weight is 185 g/mol. The second-order valence-electron chi connectivity index (χ2n) is 3.01. The monoisotopic (exact) mass is 185 g/mol. The maximum Gasteiger partial charge on any atom is 0.248 e. The fourth-order valence-electron chi connectivity index (χ4n) is 1.36. The molecule has 0 unspecified atom stereocenters. The van der Waals surface area contributed by atoms with E-state index >= 15 is 0 Å². The van der Waals surface area contributed by atoms with Gasteiger partial charge in [0.15, 0.2) is 0 Å². The largest absolute Gasteiger partial charge is 0.375 e. The summed E-state index contributed by atoms with van der Waals surface area (Å²) in [5.41, 5.74) is 0.987. The number of carbonyl (C=O) groups excluding carboxylic acids is 1. The van der Waals surface area contributed by atoms with Crippen molar-refractivity contribution in [1.82, 2.24) is 4.90 Å². The van der Waals surface area contributed by atoms with Gasteiger partial charge in [-0.25, -0.2) is 0 Å². The Morgan fingerprint density at radius 2 is 2.23 bits per heavy atom. The van der Waals surface area contributed by atoms with Gasteiger partial charge in [-0.05, 0) is 0 Å². The van der Waals surface area contributed by atoms with Crippen molar-refractivity contribution in [2.45, 2.75) is 12.8 Å². The van der Waals surface area contributed by atoms with Crippen molar-refractivity contribution in [2.75, 3.05) is 26.8 Å². The first-order valence-corrected chi connectivity index (χ1v) is 4.30. The maximum atomic E-state index is 11.3. The molecule has 0 aromatic carbocycles. The molecule has 5 heteroatoms. The van der Waals surface area contributed by atoms with Gasteiger partial charge in [-0.15, -0.1) is 0 Å². The normalized spacial score (nSPS) is 17.3. The van der Waals surface area contributed by atoms with Crippen LogP contribution in [0.3, 0.4) is 0 Å². The average Bonchev–Trinajstić information content (AvgIpc) is 2.18. The molecule has 74 valence electrons. The SMILES string of the molecule is COCC(=O)N1CCC(=NN)CC1. The third kappa shape index (κ3) is 2.69. The van der Waals surface area contributed by atoms with Gasteiger partial charge in [-0.3, -0.25) is 4.79 Å². The van der Waals surface area contributed by atoms with Crippen molar-refractivity contribution in [1.29, 1.82) is 0 Å². The molecule has 1 heterocycles.